The fourth-order valence-corrected chi connectivity index (χ4v) is 13.3. The standard InChI is InChI=1S/C49H75NO2S4/c1-7-11-13-15-17-19-21-23-25-27-29-50-40-33-44(55-47(40)48-41(50)34-45(56-48)49(6,9-3)10-4)46-39(32-43(54-46)42-31-38(35-51)37(5)53-42)36-52-30-28-26-24-22-20-18-16-14-12-8-2/h31-34,51H,7-30,35-36H2,1-6H3. The zero-order chi connectivity index (χ0) is 39.8. The lowest BCUT2D eigenvalue weighted by atomic mass is 9.83. The van der Waals surface area contributed by atoms with E-state index in [4.69, 9.17) is 4.74 Å². The maximum absolute atomic E-state index is 9.99. The quantitative estimate of drug-likeness (QED) is 0.0468. The second kappa shape index (κ2) is 23.9. The van der Waals surface area contributed by atoms with E-state index >= 15 is 0 Å². The summed E-state index contributed by atoms with van der Waals surface area (Å²) >= 11 is 7.79. The number of unbranched alkanes of at least 4 members (excludes halogenated alkanes) is 18. The molecule has 3 nitrogen and oxygen atoms in total. The predicted octanol–water partition coefficient (Wildman–Crippen LogP) is 17.6. The summed E-state index contributed by atoms with van der Waals surface area (Å²) < 4.78 is 12.1. The Balaban J connectivity index is 1.33. The Kier molecular flexibility index (Phi) is 19.5. The molecule has 312 valence electrons. The van der Waals surface area contributed by atoms with Crippen molar-refractivity contribution in [2.75, 3.05) is 6.61 Å². The maximum Gasteiger partial charge on any atom is 0.0731 e. The molecule has 0 aliphatic rings. The zero-order valence-electron chi connectivity index (χ0n) is 36.1. The summed E-state index contributed by atoms with van der Waals surface area (Å²) in [4.78, 5) is 8.05. The summed E-state index contributed by atoms with van der Waals surface area (Å²) in [6, 6.07) is 9.66. The second-order valence-corrected chi connectivity index (χ2v) is 21.2. The first-order valence-corrected chi connectivity index (χ1v) is 26.1. The minimum atomic E-state index is 0.0994. The van der Waals surface area contributed by atoms with Crippen molar-refractivity contribution in [1.29, 1.82) is 0 Å². The first-order chi connectivity index (χ1) is 27.4. The van der Waals surface area contributed by atoms with E-state index in [1.54, 1.807) is 16.2 Å². The predicted molar refractivity (Wildman–Crippen MR) is 254 cm³/mol. The van der Waals surface area contributed by atoms with Crippen LogP contribution in [0.3, 0.4) is 0 Å². The van der Waals surface area contributed by atoms with Gasteiger partial charge in [0.1, 0.15) is 0 Å². The van der Waals surface area contributed by atoms with Gasteiger partial charge in [-0.25, -0.2) is 0 Å². The molecule has 0 saturated heterocycles. The second-order valence-electron chi connectivity index (χ2n) is 16.8. The number of hydrogen-bond acceptors (Lipinski definition) is 6. The van der Waals surface area contributed by atoms with Crippen molar-refractivity contribution in [3.63, 3.8) is 0 Å². The number of rotatable bonds is 30. The third kappa shape index (κ3) is 12.3. The molecule has 0 bridgehead atoms. The summed E-state index contributed by atoms with van der Waals surface area (Å²) in [5.41, 5.74) is 5.46. The Labute approximate surface area is 357 Å². The van der Waals surface area contributed by atoms with Crippen molar-refractivity contribution in [1.82, 2.24) is 4.57 Å². The van der Waals surface area contributed by atoms with Crippen molar-refractivity contribution >= 4 is 65.8 Å². The van der Waals surface area contributed by atoms with E-state index in [1.807, 2.05) is 22.7 Å². The van der Waals surface area contributed by atoms with E-state index in [0.29, 0.717) is 6.61 Å². The average molecular weight is 838 g/mol. The fourth-order valence-electron chi connectivity index (χ4n) is 8.16. The molecule has 1 N–H and O–H groups in total. The van der Waals surface area contributed by atoms with Crippen molar-refractivity contribution in [3.05, 3.63) is 45.1 Å². The lowest BCUT2D eigenvalue weighted by molar-refractivity contribution is 0.117. The van der Waals surface area contributed by atoms with Crippen LogP contribution in [0.5, 0.6) is 0 Å². The molecule has 0 amide bonds. The van der Waals surface area contributed by atoms with Gasteiger partial charge >= 0.3 is 0 Å². The first kappa shape index (κ1) is 45.6. The molecule has 0 radical (unpaired) electrons. The molecular weight excluding hydrogens is 763 g/mol. The van der Waals surface area contributed by atoms with Gasteiger partial charge in [0.05, 0.1) is 38.5 Å². The van der Waals surface area contributed by atoms with E-state index in [-0.39, 0.29) is 12.0 Å². The number of aliphatic hydroxyl groups is 1. The summed E-state index contributed by atoms with van der Waals surface area (Å²) in [7, 11) is 0. The van der Waals surface area contributed by atoms with E-state index in [9.17, 15) is 5.11 Å². The van der Waals surface area contributed by atoms with Crippen LogP contribution in [-0.4, -0.2) is 16.3 Å². The van der Waals surface area contributed by atoms with Gasteiger partial charge in [0.25, 0.3) is 0 Å². The van der Waals surface area contributed by atoms with Crippen LogP contribution in [0.25, 0.3) is 39.9 Å². The Morgan fingerprint density at radius 1 is 0.571 bits per heavy atom. The molecule has 7 heteroatoms. The first-order valence-electron chi connectivity index (χ1n) is 22.8. The van der Waals surface area contributed by atoms with Crippen molar-refractivity contribution in [2.24, 2.45) is 0 Å². The highest BCUT2D eigenvalue weighted by Crippen LogP contribution is 2.50. The third-order valence-electron chi connectivity index (χ3n) is 12.5. The molecule has 5 rings (SSSR count). The summed E-state index contributed by atoms with van der Waals surface area (Å²) in [6.45, 7) is 16.6. The highest BCUT2D eigenvalue weighted by atomic mass is 32.1. The van der Waals surface area contributed by atoms with Gasteiger partial charge in [-0.2, -0.15) is 0 Å². The molecule has 5 heterocycles. The van der Waals surface area contributed by atoms with E-state index < -0.39 is 0 Å². The third-order valence-corrected chi connectivity index (χ3v) is 17.8. The molecule has 0 unspecified atom stereocenters. The molecule has 56 heavy (non-hydrogen) atoms. The van der Waals surface area contributed by atoms with Gasteiger partial charge in [0, 0.05) is 43.0 Å². The lowest BCUT2D eigenvalue weighted by Gasteiger charge is -2.25. The number of ether oxygens (including phenoxy) is 1. The molecule has 0 aromatic carbocycles. The normalized spacial score (nSPS) is 12.3. The van der Waals surface area contributed by atoms with Crippen LogP contribution in [0.1, 0.15) is 197 Å². The topological polar surface area (TPSA) is 34.4 Å². The van der Waals surface area contributed by atoms with E-state index in [1.165, 1.54) is 185 Å². The Morgan fingerprint density at radius 3 is 1.66 bits per heavy atom. The Hall–Kier alpha value is -1.48. The van der Waals surface area contributed by atoms with Crippen LogP contribution in [-0.2, 0) is 29.9 Å². The zero-order valence-corrected chi connectivity index (χ0v) is 39.4. The minimum Gasteiger partial charge on any atom is -0.392 e. The van der Waals surface area contributed by atoms with Gasteiger partial charge in [-0.15, -0.1) is 45.3 Å². The van der Waals surface area contributed by atoms with Gasteiger partial charge in [-0.3, -0.25) is 0 Å². The van der Waals surface area contributed by atoms with Crippen molar-refractivity contribution < 1.29 is 9.84 Å². The Morgan fingerprint density at radius 2 is 1.09 bits per heavy atom. The lowest BCUT2D eigenvalue weighted by Crippen LogP contribution is -2.17. The molecule has 0 spiro atoms. The summed E-state index contributed by atoms with van der Waals surface area (Å²) in [6.07, 6.45) is 29.4. The SMILES string of the molecule is CCCCCCCCCCCCOCc1cc(-c2cc(CO)c(C)s2)sc1-c1cc2c(s1)c1sc(C(C)(CC)CC)cc1n2CCCCCCCCCCCC. The van der Waals surface area contributed by atoms with Crippen molar-refractivity contribution in [2.45, 2.75) is 208 Å². The van der Waals surface area contributed by atoms with Crippen LogP contribution in [0, 0.1) is 6.92 Å². The monoisotopic (exact) mass is 837 g/mol. The van der Waals surface area contributed by atoms with E-state index in [2.05, 4.69) is 81.7 Å². The van der Waals surface area contributed by atoms with Gasteiger partial charge in [-0.1, -0.05) is 150 Å². The Bertz CT molecular complexity index is 1850. The number of aromatic nitrogens is 1. The highest BCUT2D eigenvalue weighted by Gasteiger charge is 2.28. The number of fused-ring (bicyclic) bond motifs is 3. The molecule has 0 fully saturated rings. The van der Waals surface area contributed by atoms with Crippen LogP contribution >= 0.6 is 45.3 Å². The van der Waals surface area contributed by atoms with Crippen LogP contribution in [0.4, 0.5) is 0 Å². The van der Waals surface area contributed by atoms with Crippen LogP contribution in [0.15, 0.2) is 24.3 Å². The number of thiophene rings is 4. The molecule has 0 aliphatic carbocycles. The van der Waals surface area contributed by atoms with Gasteiger partial charge in [-0.05, 0) is 68.0 Å². The number of hydrogen-bond donors (Lipinski definition) is 1. The number of aryl methyl sites for hydroxylation is 2. The largest absolute Gasteiger partial charge is 0.392 e. The van der Waals surface area contributed by atoms with Gasteiger partial charge in [0.2, 0.25) is 0 Å². The number of aliphatic hydroxyl groups excluding tert-OH is 1. The molecule has 5 aromatic heterocycles. The van der Waals surface area contributed by atoms with Crippen LogP contribution in [0.2, 0.25) is 0 Å². The highest BCUT2D eigenvalue weighted by molar-refractivity contribution is 7.31. The molecule has 5 aromatic rings. The average Bonchev–Trinajstić information content (AvgIpc) is 4.04. The number of nitrogens with zero attached hydrogens (tertiary/aromatic N) is 1. The maximum atomic E-state index is 9.99. The molecular formula is C49H75NO2S4. The van der Waals surface area contributed by atoms with E-state index in [0.717, 1.165) is 25.1 Å². The fraction of sp³-hybridized carbons (Fsp3) is 0.673. The summed E-state index contributed by atoms with van der Waals surface area (Å²) in [5.74, 6) is 0. The molecule has 0 aliphatic heterocycles. The van der Waals surface area contributed by atoms with Gasteiger partial charge < -0.3 is 14.4 Å². The minimum absolute atomic E-state index is 0.0994. The van der Waals surface area contributed by atoms with Crippen molar-refractivity contribution in [3.8, 4) is 19.5 Å². The molecule has 0 saturated carbocycles. The van der Waals surface area contributed by atoms with Gasteiger partial charge in [0.15, 0.2) is 0 Å². The summed E-state index contributed by atoms with van der Waals surface area (Å²) in [5, 5.41) is 9.99. The van der Waals surface area contributed by atoms with Crippen LogP contribution < -0.4 is 0 Å². The smallest absolute Gasteiger partial charge is 0.0731 e. The molecule has 0 atom stereocenters.